The third-order valence-electron chi connectivity index (χ3n) is 4.35. The van der Waals surface area contributed by atoms with Crippen LogP contribution in [-0.4, -0.2) is 34.9 Å². The molecule has 0 aliphatic rings. The molecule has 0 atom stereocenters. The third-order valence-corrected chi connectivity index (χ3v) is 4.35. The van der Waals surface area contributed by atoms with Crippen LogP contribution in [0.5, 0.6) is 5.75 Å². The van der Waals surface area contributed by atoms with E-state index in [4.69, 9.17) is 10.5 Å². The number of rotatable bonds is 7. The Morgan fingerprint density at radius 3 is 2.37 bits per heavy atom. The number of benzene rings is 1. The molecule has 0 aliphatic carbocycles. The summed E-state index contributed by atoms with van der Waals surface area (Å²) in [5, 5.41) is 0. The Balaban J connectivity index is 2.37. The van der Waals surface area contributed by atoms with Crippen LogP contribution in [0, 0.1) is 5.82 Å². The normalized spacial score (nSPS) is 11.3. The minimum atomic E-state index is -4.94. The fourth-order valence-corrected chi connectivity index (χ4v) is 2.81. The second-order valence-corrected chi connectivity index (χ2v) is 6.26. The number of aromatic nitrogens is 1. The number of nitrogens with zero attached hydrogens (tertiary/aromatic N) is 2. The van der Waals surface area contributed by atoms with Crippen LogP contribution >= 0.6 is 0 Å². The number of primary amides is 1. The maximum absolute atomic E-state index is 13.9. The van der Waals surface area contributed by atoms with Crippen molar-refractivity contribution in [2.24, 2.45) is 5.73 Å². The molecule has 7 nitrogen and oxygen atoms in total. The summed E-state index contributed by atoms with van der Waals surface area (Å²) in [5.41, 5.74) is 2.01. The van der Waals surface area contributed by atoms with Crippen LogP contribution in [0.2, 0.25) is 0 Å². The van der Waals surface area contributed by atoms with Gasteiger partial charge in [-0.15, -0.1) is 0 Å². The fraction of sp³-hybridized carbons (Fsp3) is 0.316. The van der Waals surface area contributed by atoms with Crippen molar-refractivity contribution in [1.29, 1.82) is 0 Å². The average molecular weight is 429 g/mol. The van der Waals surface area contributed by atoms with Gasteiger partial charge in [0.25, 0.3) is 11.5 Å². The van der Waals surface area contributed by atoms with E-state index in [1.54, 1.807) is 6.92 Å². The molecule has 2 amide bonds. The molecule has 1 heterocycles. The lowest BCUT2D eigenvalue weighted by Crippen LogP contribution is -2.40. The first-order valence-electron chi connectivity index (χ1n) is 8.70. The van der Waals surface area contributed by atoms with Crippen LogP contribution in [0.15, 0.2) is 35.1 Å². The van der Waals surface area contributed by atoms with E-state index in [0.29, 0.717) is 17.7 Å². The molecule has 2 rings (SSSR count). The van der Waals surface area contributed by atoms with Crippen molar-refractivity contribution in [1.82, 2.24) is 9.47 Å². The minimum Gasteiger partial charge on any atom is -0.494 e. The Bertz CT molecular complexity index is 1020. The van der Waals surface area contributed by atoms with Crippen molar-refractivity contribution < 1.29 is 31.9 Å². The van der Waals surface area contributed by atoms with Gasteiger partial charge < -0.3 is 15.4 Å². The maximum atomic E-state index is 13.9. The summed E-state index contributed by atoms with van der Waals surface area (Å²) >= 11 is 0. The van der Waals surface area contributed by atoms with Crippen LogP contribution in [0.25, 0.3) is 0 Å². The lowest BCUT2D eigenvalue weighted by atomic mass is 10.2. The molecule has 0 unspecified atom stereocenters. The molecule has 11 heteroatoms. The van der Waals surface area contributed by atoms with E-state index >= 15 is 0 Å². The molecule has 1 aromatic heterocycles. The van der Waals surface area contributed by atoms with Crippen LogP contribution < -0.4 is 16.0 Å². The molecule has 30 heavy (non-hydrogen) atoms. The number of carbonyl (C=O) groups excluding carboxylic acids is 2. The van der Waals surface area contributed by atoms with E-state index in [-0.39, 0.29) is 23.4 Å². The number of pyridine rings is 1. The summed E-state index contributed by atoms with van der Waals surface area (Å²) in [5.74, 6) is -2.71. The molecule has 2 aromatic rings. The molecule has 0 fully saturated rings. The van der Waals surface area contributed by atoms with Crippen molar-refractivity contribution in [3.05, 3.63) is 63.3 Å². The summed E-state index contributed by atoms with van der Waals surface area (Å²) in [6.07, 6.45) is -4.94. The first-order valence-corrected chi connectivity index (χ1v) is 8.70. The quantitative estimate of drug-likeness (QED) is 0.683. The highest BCUT2D eigenvalue weighted by Crippen LogP contribution is 2.28. The van der Waals surface area contributed by atoms with Crippen LogP contribution in [0.3, 0.4) is 0 Å². The van der Waals surface area contributed by atoms with Gasteiger partial charge in [0.05, 0.1) is 7.11 Å². The summed E-state index contributed by atoms with van der Waals surface area (Å²) < 4.78 is 58.8. The standard InChI is InChI=1S/C19H19F4N3O4/c1-3-25(9-11-4-6-14(30-2)13(20)8-11)16(27)10-26-15(19(21,22)23)7-5-12(17(24)28)18(26)29/h4-8H,3,9-10H2,1-2H3,(H2,24,28). The number of ether oxygens (including phenoxy) is 1. The van der Waals surface area contributed by atoms with E-state index < -0.39 is 47.2 Å². The molecule has 0 bridgehead atoms. The van der Waals surface area contributed by atoms with Gasteiger partial charge in [0.15, 0.2) is 11.6 Å². The van der Waals surface area contributed by atoms with Crippen molar-refractivity contribution >= 4 is 11.8 Å². The Hall–Kier alpha value is -3.37. The summed E-state index contributed by atoms with van der Waals surface area (Å²) in [7, 11) is 1.29. The van der Waals surface area contributed by atoms with Gasteiger partial charge in [-0.25, -0.2) is 4.39 Å². The lowest BCUT2D eigenvalue weighted by molar-refractivity contribution is -0.145. The summed E-state index contributed by atoms with van der Waals surface area (Å²) in [6.45, 7) is 0.576. The third kappa shape index (κ3) is 4.97. The molecule has 0 saturated carbocycles. The highest BCUT2D eigenvalue weighted by atomic mass is 19.4. The Morgan fingerprint density at radius 2 is 1.87 bits per heavy atom. The highest BCUT2D eigenvalue weighted by Gasteiger charge is 2.36. The Morgan fingerprint density at radius 1 is 1.20 bits per heavy atom. The van der Waals surface area contributed by atoms with Gasteiger partial charge in [0, 0.05) is 13.1 Å². The lowest BCUT2D eigenvalue weighted by Gasteiger charge is -2.23. The monoisotopic (exact) mass is 429 g/mol. The molecule has 162 valence electrons. The largest absolute Gasteiger partial charge is 0.494 e. The molecule has 0 saturated heterocycles. The summed E-state index contributed by atoms with van der Waals surface area (Å²) in [4.78, 5) is 37.4. The van der Waals surface area contributed by atoms with Crippen LogP contribution in [0.1, 0.15) is 28.5 Å². The predicted molar refractivity (Wildman–Crippen MR) is 98.3 cm³/mol. The van der Waals surface area contributed by atoms with E-state index in [2.05, 4.69) is 0 Å². The topological polar surface area (TPSA) is 94.6 Å². The van der Waals surface area contributed by atoms with Gasteiger partial charge in [-0.2, -0.15) is 13.2 Å². The van der Waals surface area contributed by atoms with Gasteiger partial charge in [-0.3, -0.25) is 19.0 Å². The van der Waals surface area contributed by atoms with Crippen LogP contribution in [-0.2, 0) is 24.1 Å². The van der Waals surface area contributed by atoms with Crippen LogP contribution in [0.4, 0.5) is 17.6 Å². The number of carbonyl (C=O) groups is 2. The van der Waals surface area contributed by atoms with Crippen molar-refractivity contribution in [3.8, 4) is 5.75 Å². The molecule has 0 spiro atoms. The van der Waals surface area contributed by atoms with Gasteiger partial charge in [-0.1, -0.05) is 6.07 Å². The van der Waals surface area contributed by atoms with Crippen molar-refractivity contribution in [3.63, 3.8) is 0 Å². The van der Waals surface area contributed by atoms with Gasteiger partial charge in [0.1, 0.15) is 17.8 Å². The predicted octanol–water partition coefficient (Wildman–Crippen LogP) is 2.16. The number of alkyl halides is 3. The van der Waals surface area contributed by atoms with E-state index in [1.165, 1.54) is 19.2 Å². The Kier molecular flexibility index (Phi) is 6.85. The zero-order valence-electron chi connectivity index (χ0n) is 16.1. The number of likely N-dealkylation sites (N-methyl/N-ethyl adjacent to an activating group) is 1. The zero-order valence-corrected chi connectivity index (χ0v) is 16.1. The van der Waals surface area contributed by atoms with Gasteiger partial charge in [0.2, 0.25) is 5.91 Å². The SMILES string of the molecule is CCN(Cc1ccc(OC)c(F)c1)C(=O)Cn1c(C(F)(F)F)ccc(C(N)=O)c1=O. The van der Waals surface area contributed by atoms with E-state index in [9.17, 15) is 31.9 Å². The minimum absolute atomic E-state index is 0.00207. The zero-order chi connectivity index (χ0) is 22.6. The first kappa shape index (κ1) is 22.9. The van der Waals surface area contributed by atoms with E-state index in [1.807, 2.05) is 0 Å². The smallest absolute Gasteiger partial charge is 0.431 e. The number of nitrogens with two attached hydrogens (primary N) is 1. The second kappa shape index (κ2) is 8.97. The molecule has 0 aliphatic heterocycles. The van der Waals surface area contributed by atoms with Crippen molar-refractivity contribution in [2.45, 2.75) is 26.2 Å². The number of halogens is 4. The molecule has 0 radical (unpaired) electrons. The summed E-state index contributed by atoms with van der Waals surface area (Å²) in [6, 6.07) is 5.18. The van der Waals surface area contributed by atoms with Gasteiger partial charge in [-0.05, 0) is 36.8 Å². The van der Waals surface area contributed by atoms with Gasteiger partial charge >= 0.3 is 6.18 Å². The van der Waals surface area contributed by atoms with E-state index in [0.717, 1.165) is 11.0 Å². The maximum Gasteiger partial charge on any atom is 0.431 e. The molecular weight excluding hydrogens is 410 g/mol. The Labute approximate surface area is 168 Å². The first-order chi connectivity index (χ1) is 14.0. The number of methoxy groups -OCH3 is 1. The number of hydrogen-bond acceptors (Lipinski definition) is 4. The van der Waals surface area contributed by atoms with Crippen molar-refractivity contribution in [2.75, 3.05) is 13.7 Å². The molecule has 2 N–H and O–H groups in total. The second-order valence-electron chi connectivity index (χ2n) is 6.26. The highest BCUT2D eigenvalue weighted by molar-refractivity contribution is 5.92. The fourth-order valence-electron chi connectivity index (χ4n) is 2.81. The molecule has 1 aromatic carbocycles. The average Bonchev–Trinajstić information content (AvgIpc) is 2.66. The number of hydrogen-bond donors (Lipinski definition) is 1. The number of amides is 2. The molecular formula is C19H19F4N3O4.